The van der Waals surface area contributed by atoms with Crippen LogP contribution in [0.15, 0.2) is 0 Å². The van der Waals surface area contributed by atoms with Crippen molar-refractivity contribution in [3.05, 3.63) is 0 Å². The van der Waals surface area contributed by atoms with Crippen molar-refractivity contribution in [2.24, 2.45) is 5.92 Å². The van der Waals surface area contributed by atoms with Crippen LogP contribution in [0.3, 0.4) is 0 Å². The molecular formula is C17H34N2. The SMILES string of the molecule is CCC(CC)CN1CC2(CCCCC2)NCC1(C)C. The third-order valence-electron chi connectivity index (χ3n) is 5.69. The molecule has 2 heteroatoms. The lowest BCUT2D eigenvalue weighted by Gasteiger charge is -2.54. The zero-order chi connectivity index (χ0) is 13.9. The standard InChI is InChI=1S/C17H34N2/c1-5-15(6-2)12-19-14-17(10-8-7-9-11-17)18-13-16(19,3)4/h15,18H,5-14H2,1-4H3. The molecule has 0 unspecified atom stereocenters. The number of nitrogens with one attached hydrogen (secondary N) is 1. The highest BCUT2D eigenvalue weighted by atomic mass is 15.3. The molecular weight excluding hydrogens is 232 g/mol. The van der Waals surface area contributed by atoms with Gasteiger partial charge in [0, 0.05) is 30.7 Å². The van der Waals surface area contributed by atoms with E-state index in [0.29, 0.717) is 11.1 Å². The van der Waals surface area contributed by atoms with Gasteiger partial charge in [0.1, 0.15) is 0 Å². The van der Waals surface area contributed by atoms with Crippen molar-refractivity contribution < 1.29 is 0 Å². The maximum atomic E-state index is 3.92. The monoisotopic (exact) mass is 266 g/mol. The number of hydrogen-bond donors (Lipinski definition) is 1. The third-order valence-corrected chi connectivity index (χ3v) is 5.69. The Morgan fingerprint density at radius 3 is 2.26 bits per heavy atom. The van der Waals surface area contributed by atoms with Crippen LogP contribution in [0.5, 0.6) is 0 Å². The Balaban J connectivity index is 2.04. The number of nitrogens with zero attached hydrogens (tertiary/aromatic N) is 1. The Labute approximate surface area is 120 Å². The predicted molar refractivity (Wildman–Crippen MR) is 83.5 cm³/mol. The van der Waals surface area contributed by atoms with E-state index in [4.69, 9.17) is 0 Å². The summed E-state index contributed by atoms with van der Waals surface area (Å²) in [6, 6.07) is 0. The van der Waals surface area contributed by atoms with Gasteiger partial charge in [-0.25, -0.2) is 0 Å². The van der Waals surface area contributed by atoms with Gasteiger partial charge in [0.15, 0.2) is 0 Å². The van der Waals surface area contributed by atoms with Gasteiger partial charge >= 0.3 is 0 Å². The Morgan fingerprint density at radius 2 is 1.68 bits per heavy atom. The van der Waals surface area contributed by atoms with Gasteiger partial charge in [0.25, 0.3) is 0 Å². The largest absolute Gasteiger partial charge is 0.308 e. The van der Waals surface area contributed by atoms with Crippen molar-refractivity contribution in [2.75, 3.05) is 19.6 Å². The van der Waals surface area contributed by atoms with E-state index < -0.39 is 0 Å². The smallest absolute Gasteiger partial charge is 0.0309 e. The van der Waals surface area contributed by atoms with Crippen LogP contribution in [-0.2, 0) is 0 Å². The fourth-order valence-electron chi connectivity index (χ4n) is 3.88. The zero-order valence-corrected chi connectivity index (χ0v) is 13.6. The molecule has 1 aliphatic carbocycles. The van der Waals surface area contributed by atoms with Gasteiger partial charge in [-0.1, -0.05) is 46.0 Å². The van der Waals surface area contributed by atoms with Crippen LogP contribution >= 0.6 is 0 Å². The highest BCUT2D eigenvalue weighted by Crippen LogP contribution is 2.35. The molecule has 0 amide bonds. The summed E-state index contributed by atoms with van der Waals surface area (Å²) in [6.07, 6.45) is 9.72. The summed E-state index contributed by atoms with van der Waals surface area (Å²) in [7, 11) is 0. The average Bonchev–Trinajstić information content (AvgIpc) is 2.41. The van der Waals surface area contributed by atoms with Crippen LogP contribution in [0.25, 0.3) is 0 Å². The lowest BCUT2D eigenvalue weighted by Crippen LogP contribution is -2.69. The Hall–Kier alpha value is -0.0800. The summed E-state index contributed by atoms with van der Waals surface area (Å²) >= 11 is 0. The van der Waals surface area contributed by atoms with Crippen molar-refractivity contribution in [1.82, 2.24) is 10.2 Å². The van der Waals surface area contributed by atoms with E-state index in [1.165, 1.54) is 58.0 Å². The summed E-state index contributed by atoms with van der Waals surface area (Å²) in [4.78, 5) is 2.80. The van der Waals surface area contributed by atoms with E-state index in [0.717, 1.165) is 12.5 Å². The van der Waals surface area contributed by atoms with E-state index >= 15 is 0 Å². The molecule has 1 saturated carbocycles. The third kappa shape index (κ3) is 3.52. The molecule has 19 heavy (non-hydrogen) atoms. The van der Waals surface area contributed by atoms with Crippen molar-refractivity contribution in [3.63, 3.8) is 0 Å². The quantitative estimate of drug-likeness (QED) is 0.832. The molecule has 2 rings (SSSR count). The van der Waals surface area contributed by atoms with E-state index in [1.54, 1.807) is 0 Å². The molecule has 1 aliphatic heterocycles. The molecule has 112 valence electrons. The first-order valence-corrected chi connectivity index (χ1v) is 8.51. The Bertz CT molecular complexity index is 275. The van der Waals surface area contributed by atoms with E-state index in [1.807, 2.05) is 0 Å². The summed E-state index contributed by atoms with van der Waals surface area (Å²) < 4.78 is 0. The van der Waals surface area contributed by atoms with Gasteiger partial charge in [-0.05, 0) is 32.6 Å². The molecule has 0 aromatic carbocycles. The second-order valence-electron chi connectivity index (χ2n) is 7.57. The summed E-state index contributed by atoms with van der Waals surface area (Å²) in [5.41, 5.74) is 0.769. The molecule has 1 spiro atoms. The van der Waals surface area contributed by atoms with E-state index in [-0.39, 0.29) is 0 Å². The fraction of sp³-hybridized carbons (Fsp3) is 1.00. The first-order valence-electron chi connectivity index (χ1n) is 8.51. The maximum Gasteiger partial charge on any atom is 0.0309 e. The van der Waals surface area contributed by atoms with Crippen LogP contribution in [0.1, 0.15) is 72.6 Å². The zero-order valence-electron chi connectivity index (χ0n) is 13.6. The Morgan fingerprint density at radius 1 is 1.05 bits per heavy atom. The number of hydrogen-bond acceptors (Lipinski definition) is 2. The van der Waals surface area contributed by atoms with Gasteiger partial charge in [-0.2, -0.15) is 0 Å². The second kappa shape index (κ2) is 6.13. The first-order chi connectivity index (χ1) is 9.01. The van der Waals surface area contributed by atoms with E-state index in [2.05, 4.69) is 37.9 Å². The van der Waals surface area contributed by atoms with Crippen molar-refractivity contribution in [1.29, 1.82) is 0 Å². The second-order valence-corrected chi connectivity index (χ2v) is 7.57. The normalized spacial score (nSPS) is 27.0. The lowest BCUT2D eigenvalue weighted by atomic mass is 9.77. The first kappa shape index (κ1) is 15.3. The highest BCUT2D eigenvalue weighted by Gasteiger charge is 2.43. The lowest BCUT2D eigenvalue weighted by molar-refractivity contribution is -0.000235. The maximum absolute atomic E-state index is 3.92. The van der Waals surface area contributed by atoms with Crippen LogP contribution in [0.4, 0.5) is 0 Å². The van der Waals surface area contributed by atoms with Crippen molar-refractivity contribution in [2.45, 2.75) is 83.7 Å². The summed E-state index contributed by atoms with van der Waals surface area (Å²) in [5, 5.41) is 3.92. The molecule has 0 atom stereocenters. The molecule has 0 bridgehead atoms. The molecule has 1 heterocycles. The molecule has 1 saturated heterocycles. The number of rotatable bonds is 4. The number of piperazine rings is 1. The van der Waals surface area contributed by atoms with Gasteiger partial charge in [-0.3, -0.25) is 4.90 Å². The molecule has 2 nitrogen and oxygen atoms in total. The van der Waals surface area contributed by atoms with Crippen LogP contribution in [-0.4, -0.2) is 35.6 Å². The van der Waals surface area contributed by atoms with Gasteiger partial charge in [0.05, 0.1) is 0 Å². The average molecular weight is 266 g/mol. The van der Waals surface area contributed by atoms with Crippen molar-refractivity contribution >= 4 is 0 Å². The van der Waals surface area contributed by atoms with Gasteiger partial charge in [-0.15, -0.1) is 0 Å². The van der Waals surface area contributed by atoms with Crippen molar-refractivity contribution in [3.8, 4) is 0 Å². The topological polar surface area (TPSA) is 15.3 Å². The van der Waals surface area contributed by atoms with Crippen LogP contribution in [0, 0.1) is 5.92 Å². The molecule has 0 radical (unpaired) electrons. The molecule has 0 aromatic rings. The molecule has 2 aliphatic rings. The summed E-state index contributed by atoms with van der Waals surface area (Å²) in [6.45, 7) is 13.3. The van der Waals surface area contributed by atoms with E-state index in [9.17, 15) is 0 Å². The van der Waals surface area contributed by atoms with Crippen LogP contribution in [0.2, 0.25) is 0 Å². The fourth-order valence-corrected chi connectivity index (χ4v) is 3.88. The Kier molecular flexibility index (Phi) is 4.94. The minimum atomic E-state index is 0.325. The highest BCUT2D eigenvalue weighted by molar-refractivity contribution is 5.03. The predicted octanol–water partition coefficient (Wildman–Crippen LogP) is 3.81. The molecule has 1 N–H and O–H groups in total. The minimum Gasteiger partial charge on any atom is -0.308 e. The molecule has 2 fully saturated rings. The van der Waals surface area contributed by atoms with Crippen LogP contribution < -0.4 is 5.32 Å². The van der Waals surface area contributed by atoms with Gasteiger partial charge in [0.2, 0.25) is 0 Å². The van der Waals surface area contributed by atoms with Gasteiger partial charge < -0.3 is 5.32 Å². The summed E-state index contributed by atoms with van der Waals surface area (Å²) in [5.74, 6) is 0.873. The molecule has 0 aromatic heterocycles. The minimum absolute atomic E-state index is 0.325.